The summed E-state index contributed by atoms with van der Waals surface area (Å²) in [5, 5.41) is 8.38. The maximum absolute atomic E-state index is 11.3. The Kier molecular flexibility index (Phi) is 4.93. The molecule has 0 amide bonds. The number of methoxy groups -OCH3 is 1. The van der Waals surface area contributed by atoms with E-state index in [-0.39, 0.29) is 11.7 Å². The van der Waals surface area contributed by atoms with Gasteiger partial charge in [-0.2, -0.15) is 0 Å². The summed E-state index contributed by atoms with van der Waals surface area (Å²) in [5.74, 6) is 0.762. The predicted octanol–water partition coefficient (Wildman–Crippen LogP) is 1.86. The van der Waals surface area contributed by atoms with Gasteiger partial charge in [0.2, 0.25) is 5.12 Å². The summed E-state index contributed by atoms with van der Waals surface area (Å²) < 4.78 is 5.00. The molecule has 0 radical (unpaired) electrons. The molecule has 0 spiro atoms. The van der Waals surface area contributed by atoms with Crippen LogP contribution < -0.4 is 4.74 Å². The molecule has 0 unspecified atom stereocenters. The van der Waals surface area contributed by atoms with Gasteiger partial charge in [0.05, 0.1) is 13.7 Å². The highest BCUT2D eigenvalue weighted by atomic mass is 32.2. The minimum atomic E-state index is -0.116. The van der Waals surface area contributed by atoms with Crippen molar-refractivity contribution in [3.8, 4) is 5.75 Å². The van der Waals surface area contributed by atoms with E-state index >= 15 is 0 Å². The predicted molar refractivity (Wildman–Crippen MR) is 60.1 cm³/mol. The molecule has 0 atom stereocenters. The SMILES string of the molecule is COc1ccc(SC(=O)/C=C/CO)cc1. The highest BCUT2D eigenvalue weighted by Gasteiger charge is 2.00. The largest absolute Gasteiger partial charge is 0.497 e. The molecule has 0 saturated heterocycles. The van der Waals surface area contributed by atoms with Crippen LogP contribution in [0.15, 0.2) is 41.3 Å². The molecule has 0 aromatic heterocycles. The normalized spacial score (nSPS) is 10.5. The lowest BCUT2D eigenvalue weighted by Gasteiger charge is -2.00. The number of thioether (sulfide) groups is 1. The number of rotatable bonds is 4. The smallest absolute Gasteiger partial charge is 0.216 e. The second-order valence-electron chi connectivity index (χ2n) is 2.68. The van der Waals surface area contributed by atoms with Crippen molar-refractivity contribution in [3.05, 3.63) is 36.4 Å². The molecule has 0 aliphatic heterocycles. The first-order valence-corrected chi connectivity index (χ1v) is 5.21. The van der Waals surface area contributed by atoms with E-state index < -0.39 is 0 Å². The summed E-state index contributed by atoms with van der Waals surface area (Å²) in [6, 6.07) is 7.22. The van der Waals surface area contributed by atoms with Crippen LogP contribution in [-0.2, 0) is 4.79 Å². The van der Waals surface area contributed by atoms with E-state index in [9.17, 15) is 4.79 Å². The Balaban J connectivity index is 2.57. The average molecular weight is 224 g/mol. The van der Waals surface area contributed by atoms with Crippen molar-refractivity contribution in [3.63, 3.8) is 0 Å². The standard InChI is InChI=1S/C11H12O3S/c1-14-9-4-6-10(7-5-9)15-11(13)3-2-8-12/h2-7,12H,8H2,1H3/b3-2+. The van der Waals surface area contributed by atoms with Crippen LogP contribution in [0.3, 0.4) is 0 Å². The van der Waals surface area contributed by atoms with Gasteiger partial charge in [-0.1, -0.05) is 6.08 Å². The number of aliphatic hydroxyl groups excluding tert-OH is 1. The monoisotopic (exact) mass is 224 g/mol. The van der Waals surface area contributed by atoms with E-state index in [0.717, 1.165) is 22.4 Å². The van der Waals surface area contributed by atoms with Gasteiger partial charge in [0.25, 0.3) is 0 Å². The van der Waals surface area contributed by atoms with E-state index in [1.165, 1.54) is 12.2 Å². The van der Waals surface area contributed by atoms with E-state index in [1.807, 2.05) is 12.1 Å². The molecule has 3 nitrogen and oxygen atoms in total. The van der Waals surface area contributed by atoms with E-state index in [0.29, 0.717) is 0 Å². The Hall–Kier alpha value is -1.26. The molecule has 80 valence electrons. The second kappa shape index (κ2) is 6.27. The molecular weight excluding hydrogens is 212 g/mol. The van der Waals surface area contributed by atoms with Crippen LogP contribution in [0.5, 0.6) is 5.75 Å². The van der Waals surface area contributed by atoms with E-state index in [1.54, 1.807) is 19.2 Å². The van der Waals surface area contributed by atoms with Gasteiger partial charge in [-0.3, -0.25) is 4.79 Å². The Morgan fingerprint density at radius 1 is 1.47 bits per heavy atom. The molecule has 0 saturated carbocycles. The van der Waals surface area contributed by atoms with Crippen LogP contribution in [0.2, 0.25) is 0 Å². The van der Waals surface area contributed by atoms with Gasteiger partial charge in [-0.15, -0.1) is 0 Å². The highest BCUT2D eigenvalue weighted by Crippen LogP contribution is 2.22. The van der Waals surface area contributed by atoms with Crippen molar-refractivity contribution < 1.29 is 14.6 Å². The minimum absolute atomic E-state index is 0.103. The third-order valence-electron chi connectivity index (χ3n) is 1.64. The first-order chi connectivity index (χ1) is 7.26. The van der Waals surface area contributed by atoms with Crippen molar-refractivity contribution in [2.75, 3.05) is 13.7 Å². The number of benzene rings is 1. The molecule has 1 aromatic carbocycles. The lowest BCUT2D eigenvalue weighted by atomic mass is 10.3. The van der Waals surface area contributed by atoms with E-state index in [2.05, 4.69) is 0 Å². The van der Waals surface area contributed by atoms with Crippen molar-refractivity contribution >= 4 is 16.9 Å². The Morgan fingerprint density at radius 3 is 2.67 bits per heavy atom. The number of carbonyl (C=O) groups excluding carboxylic acids is 1. The average Bonchev–Trinajstić information content (AvgIpc) is 2.27. The number of aliphatic hydroxyl groups is 1. The zero-order chi connectivity index (χ0) is 11.1. The summed E-state index contributed by atoms with van der Waals surface area (Å²) in [6.07, 6.45) is 2.77. The van der Waals surface area contributed by atoms with Gasteiger partial charge in [0.15, 0.2) is 0 Å². The van der Waals surface area contributed by atoms with Crippen molar-refractivity contribution in [2.45, 2.75) is 4.90 Å². The molecule has 0 bridgehead atoms. The minimum Gasteiger partial charge on any atom is -0.497 e. The molecule has 0 aliphatic carbocycles. The van der Waals surface area contributed by atoms with Gasteiger partial charge in [0.1, 0.15) is 5.75 Å². The Labute approximate surface area is 92.8 Å². The first-order valence-electron chi connectivity index (χ1n) is 4.39. The third kappa shape index (κ3) is 4.18. The molecule has 0 fully saturated rings. The van der Waals surface area contributed by atoms with Crippen LogP contribution in [-0.4, -0.2) is 23.9 Å². The second-order valence-corrected chi connectivity index (χ2v) is 3.76. The van der Waals surface area contributed by atoms with Crippen LogP contribution in [0.4, 0.5) is 0 Å². The first kappa shape index (κ1) is 11.8. The van der Waals surface area contributed by atoms with Crippen molar-refractivity contribution in [1.29, 1.82) is 0 Å². The van der Waals surface area contributed by atoms with Crippen LogP contribution >= 0.6 is 11.8 Å². The molecule has 1 N–H and O–H groups in total. The fourth-order valence-corrected chi connectivity index (χ4v) is 1.61. The lowest BCUT2D eigenvalue weighted by Crippen LogP contribution is -1.86. The summed E-state index contributed by atoms with van der Waals surface area (Å²) in [5.41, 5.74) is 0. The van der Waals surface area contributed by atoms with Crippen LogP contribution in [0.1, 0.15) is 0 Å². The topological polar surface area (TPSA) is 46.5 Å². The van der Waals surface area contributed by atoms with Crippen molar-refractivity contribution in [1.82, 2.24) is 0 Å². The van der Waals surface area contributed by atoms with Crippen LogP contribution in [0, 0.1) is 0 Å². The summed E-state index contributed by atoms with van der Waals surface area (Å²) in [4.78, 5) is 12.1. The van der Waals surface area contributed by atoms with E-state index in [4.69, 9.17) is 9.84 Å². The summed E-state index contributed by atoms with van der Waals surface area (Å²) in [6.45, 7) is -0.116. The van der Waals surface area contributed by atoms with Gasteiger partial charge >= 0.3 is 0 Å². The molecule has 0 heterocycles. The van der Waals surface area contributed by atoms with Gasteiger partial charge in [0, 0.05) is 4.90 Å². The number of ether oxygens (including phenoxy) is 1. The molecule has 15 heavy (non-hydrogen) atoms. The number of carbonyl (C=O) groups is 1. The number of hydrogen-bond donors (Lipinski definition) is 1. The zero-order valence-corrected chi connectivity index (χ0v) is 9.16. The molecule has 4 heteroatoms. The molecule has 0 aliphatic rings. The van der Waals surface area contributed by atoms with Gasteiger partial charge < -0.3 is 9.84 Å². The fraction of sp³-hybridized carbons (Fsp3) is 0.182. The maximum Gasteiger partial charge on any atom is 0.216 e. The quantitative estimate of drug-likeness (QED) is 0.626. The van der Waals surface area contributed by atoms with Crippen molar-refractivity contribution in [2.24, 2.45) is 0 Å². The molecule has 1 aromatic rings. The zero-order valence-electron chi connectivity index (χ0n) is 8.34. The maximum atomic E-state index is 11.3. The highest BCUT2D eigenvalue weighted by molar-refractivity contribution is 8.14. The Morgan fingerprint density at radius 2 is 2.13 bits per heavy atom. The Bertz CT molecular complexity index is 343. The van der Waals surface area contributed by atoms with Gasteiger partial charge in [-0.25, -0.2) is 0 Å². The summed E-state index contributed by atoms with van der Waals surface area (Å²) in [7, 11) is 1.59. The number of hydrogen-bond acceptors (Lipinski definition) is 4. The van der Waals surface area contributed by atoms with Crippen LogP contribution in [0.25, 0.3) is 0 Å². The lowest BCUT2D eigenvalue weighted by molar-refractivity contribution is -0.107. The fourth-order valence-electron chi connectivity index (χ4n) is 0.943. The summed E-state index contributed by atoms with van der Waals surface area (Å²) >= 11 is 1.11. The third-order valence-corrected chi connectivity index (χ3v) is 2.48. The molecular formula is C11H12O3S. The molecule has 1 rings (SSSR count). The van der Waals surface area contributed by atoms with Gasteiger partial charge in [-0.05, 0) is 42.1 Å².